The van der Waals surface area contributed by atoms with Crippen LogP contribution in [0.15, 0.2) is 30.3 Å². The van der Waals surface area contributed by atoms with Crippen molar-refractivity contribution in [3.05, 3.63) is 35.9 Å². The van der Waals surface area contributed by atoms with Crippen molar-refractivity contribution in [1.29, 1.82) is 0 Å². The zero-order chi connectivity index (χ0) is 8.32. The summed E-state index contributed by atoms with van der Waals surface area (Å²) in [6.45, 7) is 0. The molecule has 0 atom stereocenters. The molecule has 0 aliphatic rings. The van der Waals surface area contributed by atoms with E-state index in [1.54, 1.807) is 12.1 Å². The van der Waals surface area contributed by atoms with E-state index in [4.69, 9.17) is 0 Å². The monoisotopic (exact) mass is 170 g/mol. The Morgan fingerprint density at radius 3 is 2.18 bits per heavy atom. The Kier molecular flexibility index (Phi) is 2.29. The van der Waals surface area contributed by atoms with Gasteiger partial charge in [-0.25, -0.2) is 8.42 Å². The molecular weight excluding hydrogens is 160 g/mol. The Bertz CT molecular complexity index is 313. The summed E-state index contributed by atoms with van der Waals surface area (Å²) in [6.07, 6.45) is 1.24. The van der Waals surface area contributed by atoms with Gasteiger partial charge in [-0.3, -0.25) is 0 Å². The van der Waals surface area contributed by atoms with Gasteiger partial charge in [0.2, 0.25) is 0 Å². The lowest BCUT2D eigenvalue weighted by Gasteiger charge is -1.96. The van der Waals surface area contributed by atoms with E-state index in [0.29, 0.717) is 0 Å². The molecule has 0 bridgehead atoms. The average Bonchev–Trinajstić information content (AvgIpc) is 1.85. The molecule has 0 radical (unpaired) electrons. The molecule has 3 heteroatoms. The Labute approximate surface area is 66.8 Å². The second kappa shape index (κ2) is 3.05. The van der Waals surface area contributed by atoms with E-state index in [-0.39, 0.29) is 5.75 Å². The van der Waals surface area contributed by atoms with Crippen molar-refractivity contribution in [3.8, 4) is 0 Å². The molecule has 60 valence electrons. The van der Waals surface area contributed by atoms with Crippen LogP contribution in [0.25, 0.3) is 0 Å². The lowest BCUT2D eigenvalue weighted by Crippen LogP contribution is -1.99. The minimum atomic E-state index is -2.88. The van der Waals surface area contributed by atoms with Crippen molar-refractivity contribution < 1.29 is 8.42 Å². The van der Waals surface area contributed by atoms with Crippen LogP contribution in [0, 0.1) is 0 Å². The van der Waals surface area contributed by atoms with E-state index < -0.39 is 9.84 Å². The molecule has 0 fully saturated rings. The molecule has 0 aliphatic carbocycles. The van der Waals surface area contributed by atoms with Crippen LogP contribution < -0.4 is 0 Å². The summed E-state index contributed by atoms with van der Waals surface area (Å²) >= 11 is 0. The Morgan fingerprint density at radius 1 is 1.18 bits per heavy atom. The van der Waals surface area contributed by atoms with Gasteiger partial charge in [0.05, 0.1) is 5.75 Å². The summed E-state index contributed by atoms with van der Waals surface area (Å²) < 4.78 is 21.6. The molecule has 0 aromatic heterocycles. The molecule has 1 aromatic carbocycles. The van der Waals surface area contributed by atoms with Crippen molar-refractivity contribution in [1.82, 2.24) is 0 Å². The largest absolute Gasteiger partial charge is 0.229 e. The van der Waals surface area contributed by atoms with Crippen LogP contribution in [0.3, 0.4) is 0 Å². The fraction of sp³-hybridized carbons (Fsp3) is 0.250. The molecule has 0 amide bonds. The van der Waals surface area contributed by atoms with E-state index in [2.05, 4.69) is 0 Å². The minimum Gasteiger partial charge on any atom is -0.229 e. The van der Waals surface area contributed by atoms with Crippen LogP contribution in [0.4, 0.5) is 0 Å². The van der Waals surface area contributed by atoms with Crippen molar-refractivity contribution in [3.63, 3.8) is 0 Å². The molecule has 0 saturated heterocycles. The van der Waals surface area contributed by atoms with Crippen LogP contribution in [0.2, 0.25) is 0 Å². The summed E-state index contributed by atoms with van der Waals surface area (Å²) in [5.74, 6) is 0.133. The van der Waals surface area contributed by atoms with Gasteiger partial charge in [-0.2, -0.15) is 0 Å². The van der Waals surface area contributed by atoms with Gasteiger partial charge in [-0.1, -0.05) is 30.3 Å². The van der Waals surface area contributed by atoms with Crippen molar-refractivity contribution in [2.45, 2.75) is 5.75 Å². The zero-order valence-corrected chi connectivity index (χ0v) is 7.14. The van der Waals surface area contributed by atoms with Crippen molar-refractivity contribution in [2.75, 3.05) is 6.26 Å². The molecule has 0 aliphatic heterocycles. The van der Waals surface area contributed by atoms with E-state index in [1.807, 2.05) is 18.2 Å². The number of sulfone groups is 1. The highest BCUT2D eigenvalue weighted by Crippen LogP contribution is 2.02. The molecule has 1 aromatic rings. The predicted octanol–water partition coefficient (Wildman–Crippen LogP) is 1.23. The smallest absolute Gasteiger partial charge is 0.151 e. The van der Waals surface area contributed by atoms with Crippen molar-refractivity contribution >= 4 is 9.84 Å². The standard InChI is InChI=1S/C8H10O2S/c1-11(9,10)7-8-5-3-2-4-6-8/h2-6H,7H2,1H3. The maximum absolute atomic E-state index is 10.8. The Balaban J connectivity index is 2.82. The third-order valence-corrected chi connectivity index (χ3v) is 2.13. The molecule has 0 N–H and O–H groups in total. The van der Waals surface area contributed by atoms with E-state index in [0.717, 1.165) is 5.56 Å². The lowest BCUT2D eigenvalue weighted by atomic mass is 10.2. The van der Waals surface area contributed by atoms with Crippen LogP contribution in [0.5, 0.6) is 0 Å². The predicted molar refractivity (Wildman–Crippen MR) is 45.0 cm³/mol. The van der Waals surface area contributed by atoms with Gasteiger partial charge in [0.1, 0.15) is 0 Å². The highest BCUT2D eigenvalue weighted by molar-refractivity contribution is 7.89. The molecule has 0 heterocycles. The zero-order valence-electron chi connectivity index (χ0n) is 6.32. The fourth-order valence-corrected chi connectivity index (χ4v) is 1.67. The lowest BCUT2D eigenvalue weighted by molar-refractivity contribution is 0.601. The number of benzene rings is 1. The first-order chi connectivity index (χ1) is 5.08. The molecule has 11 heavy (non-hydrogen) atoms. The number of hydrogen-bond donors (Lipinski definition) is 0. The summed E-state index contributed by atoms with van der Waals surface area (Å²) in [6, 6.07) is 9.15. The van der Waals surface area contributed by atoms with Crippen LogP contribution in [-0.4, -0.2) is 14.7 Å². The maximum Gasteiger partial charge on any atom is 0.151 e. The van der Waals surface area contributed by atoms with Crippen molar-refractivity contribution in [2.24, 2.45) is 0 Å². The van der Waals surface area contributed by atoms with Crippen LogP contribution >= 0.6 is 0 Å². The second-order valence-electron chi connectivity index (χ2n) is 2.56. The number of hydrogen-bond acceptors (Lipinski definition) is 2. The quantitative estimate of drug-likeness (QED) is 0.669. The minimum absolute atomic E-state index is 0.133. The first-order valence-corrected chi connectivity index (χ1v) is 5.36. The third-order valence-electron chi connectivity index (χ3n) is 1.27. The van der Waals surface area contributed by atoms with Crippen LogP contribution in [0.1, 0.15) is 5.56 Å². The first kappa shape index (κ1) is 8.27. The third kappa shape index (κ3) is 3.18. The van der Waals surface area contributed by atoms with Gasteiger partial charge in [0.25, 0.3) is 0 Å². The molecule has 0 saturated carbocycles. The summed E-state index contributed by atoms with van der Waals surface area (Å²) in [4.78, 5) is 0. The van der Waals surface area contributed by atoms with Crippen LogP contribution in [-0.2, 0) is 15.6 Å². The molecule has 0 spiro atoms. The average molecular weight is 170 g/mol. The van der Waals surface area contributed by atoms with E-state index >= 15 is 0 Å². The summed E-state index contributed by atoms with van der Waals surface area (Å²) in [5.41, 5.74) is 0.843. The van der Waals surface area contributed by atoms with E-state index in [9.17, 15) is 8.42 Å². The van der Waals surface area contributed by atoms with Gasteiger partial charge >= 0.3 is 0 Å². The topological polar surface area (TPSA) is 34.1 Å². The molecule has 2 nitrogen and oxygen atoms in total. The van der Waals surface area contributed by atoms with E-state index in [1.165, 1.54) is 6.26 Å². The summed E-state index contributed by atoms with van der Waals surface area (Å²) in [7, 11) is -2.88. The van der Waals surface area contributed by atoms with Gasteiger partial charge in [0.15, 0.2) is 9.84 Å². The van der Waals surface area contributed by atoms with Gasteiger partial charge < -0.3 is 0 Å². The first-order valence-electron chi connectivity index (χ1n) is 3.29. The highest BCUT2D eigenvalue weighted by atomic mass is 32.2. The SMILES string of the molecule is CS(=O)(=O)Cc1ccccc1. The Morgan fingerprint density at radius 2 is 1.73 bits per heavy atom. The fourth-order valence-electron chi connectivity index (χ4n) is 0.877. The van der Waals surface area contributed by atoms with Gasteiger partial charge in [-0.05, 0) is 5.56 Å². The number of rotatable bonds is 2. The van der Waals surface area contributed by atoms with Gasteiger partial charge in [0, 0.05) is 6.26 Å². The second-order valence-corrected chi connectivity index (χ2v) is 4.70. The normalized spacial score (nSPS) is 11.4. The molecule has 1 rings (SSSR count). The maximum atomic E-state index is 10.8. The molecule has 0 unspecified atom stereocenters. The summed E-state index contributed by atoms with van der Waals surface area (Å²) in [5, 5.41) is 0. The highest BCUT2D eigenvalue weighted by Gasteiger charge is 2.01. The molecular formula is C8H10O2S. The Hall–Kier alpha value is -0.830. The van der Waals surface area contributed by atoms with Gasteiger partial charge in [-0.15, -0.1) is 0 Å².